The third kappa shape index (κ3) is 5.13. The smallest absolute Gasteiger partial charge is 0.434 e. The van der Waals surface area contributed by atoms with Crippen LogP contribution in [0.15, 0.2) is 24.3 Å². The van der Waals surface area contributed by atoms with Gasteiger partial charge in [0.1, 0.15) is 5.60 Å². The molecule has 0 aromatic heterocycles. The molecule has 1 aromatic rings. The highest BCUT2D eigenvalue weighted by Gasteiger charge is 2.24. The first-order valence-electron chi connectivity index (χ1n) is 6.24. The van der Waals surface area contributed by atoms with Gasteiger partial charge >= 0.3 is 12.1 Å². The molecule has 114 valence electrons. The summed E-state index contributed by atoms with van der Waals surface area (Å²) in [5.74, 6) is -1.62. The van der Waals surface area contributed by atoms with E-state index in [1.165, 1.54) is 31.2 Å². The number of anilines is 1. The highest BCUT2D eigenvalue weighted by Crippen LogP contribution is 2.18. The molecule has 1 aromatic carbocycles. The maximum Gasteiger partial charge on any atom is 0.434 e. The molecule has 0 unspecified atom stereocenters. The van der Waals surface area contributed by atoms with E-state index >= 15 is 0 Å². The van der Waals surface area contributed by atoms with Gasteiger partial charge in [0.05, 0.1) is 11.3 Å². The number of rotatable bonds is 2. The van der Waals surface area contributed by atoms with Gasteiger partial charge < -0.3 is 9.84 Å². The lowest BCUT2D eigenvalue weighted by atomic mass is 10.2. The minimum atomic E-state index is -1.14. The van der Waals surface area contributed by atoms with Crippen LogP contribution in [-0.2, 0) is 9.53 Å². The van der Waals surface area contributed by atoms with E-state index in [2.05, 4.69) is 5.43 Å². The molecule has 0 aliphatic heterocycles. The molecule has 0 aliphatic carbocycles. The van der Waals surface area contributed by atoms with Crippen molar-refractivity contribution in [3.8, 4) is 0 Å². The van der Waals surface area contributed by atoms with Crippen molar-refractivity contribution in [2.24, 2.45) is 0 Å². The first kappa shape index (κ1) is 16.5. The van der Waals surface area contributed by atoms with E-state index in [0.717, 1.165) is 5.01 Å². The molecule has 7 nitrogen and oxygen atoms in total. The molecule has 0 heterocycles. The third-order valence-corrected chi connectivity index (χ3v) is 2.20. The van der Waals surface area contributed by atoms with Gasteiger partial charge in [-0.3, -0.25) is 10.2 Å². The molecule has 0 atom stereocenters. The molecule has 2 amide bonds. The van der Waals surface area contributed by atoms with Crippen molar-refractivity contribution in [3.63, 3.8) is 0 Å². The minimum Gasteiger partial charge on any atom is -0.478 e. The molecule has 0 spiro atoms. The Balaban J connectivity index is 3.13. The SMILES string of the molecule is CC(=O)NN(C(=O)OC(C)(C)C)c1cccc(C(=O)O)c1. The maximum absolute atomic E-state index is 12.1. The van der Waals surface area contributed by atoms with Crippen LogP contribution in [0.1, 0.15) is 38.1 Å². The van der Waals surface area contributed by atoms with Gasteiger partial charge in [0.25, 0.3) is 0 Å². The molecular weight excluding hydrogens is 276 g/mol. The summed E-state index contributed by atoms with van der Waals surface area (Å²) in [6, 6.07) is 5.61. The highest BCUT2D eigenvalue weighted by atomic mass is 16.6. The number of aromatic carboxylic acids is 1. The topological polar surface area (TPSA) is 95.9 Å². The number of carbonyl (C=O) groups is 3. The van der Waals surface area contributed by atoms with Crippen molar-refractivity contribution in [2.75, 3.05) is 5.01 Å². The first-order valence-corrected chi connectivity index (χ1v) is 6.24. The van der Waals surface area contributed by atoms with Crippen LogP contribution in [0.3, 0.4) is 0 Å². The number of ether oxygens (including phenoxy) is 1. The second-order valence-corrected chi connectivity index (χ2v) is 5.34. The normalized spacial score (nSPS) is 10.7. The van der Waals surface area contributed by atoms with Crippen LogP contribution in [0.25, 0.3) is 0 Å². The van der Waals surface area contributed by atoms with E-state index < -0.39 is 23.6 Å². The van der Waals surface area contributed by atoms with Gasteiger partial charge in [-0.25, -0.2) is 9.59 Å². The number of hydrazine groups is 1. The lowest BCUT2D eigenvalue weighted by Crippen LogP contribution is -2.48. The zero-order valence-electron chi connectivity index (χ0n) is 12.3. The Bertz CT molecular complexity index is 563. The minimum absolute atomic E-state index is 0.00795. The number of carboxylic acids is 1. The number of hydrogen-bond donors (Lipinski definition) is 2. The molecule has 0 bridgehead atoms. The van der Waals surface area contributed by atoms with Crippen molar-refractivity contribution >= 4 is 23.7 Å². The molecule has 0 aliphatic rings. The van der Waals surface area contributed by atoms with Crippen molar-refractivity contribution in [1.82, 2.24) is 5.43 Å². The average molecular weight is 294 g/mol. The van der Waals surface area contributed by atoms with Gasteiger partial charge in [-0.1, -0.05) is 6.07 Å². The largest absolute Gasteiger partial charge is 0.478 e. The van der Waals surface area contributed by atoms with E-state index in [9.17, 15) is 14.4 Å². The summed E-state index contributed by atoms with van der Waals surface area (Å²) in [7, 11) is 0. The molecular formula is C14H18N2O5. The summed E-state index contributed by atoms with van der Waals surface area (Å²) >= 11 is 0. The summed E-state index contributed by atoms with van der Waals surface area (Å²) in [6.07, 6.45) is -0.805. The maximum atomic E-state index is 12.1. The van der Waals surface area contributed by atoms with Gasteiger partial charge in [-0.15, -0.1) is 0 Å². The number of hydrogen-bond acceptors (Lipinski definition) is 4. The van der Waals surface area contributed by atoms with Crippen LogP contribution in [0, 0.1) is 0 Å². The molecule has 0 saturated carbocycles. The van der Waals surface area contributed by atoms with E-state index in [1.807, 2.05) is 0 Å². The zero-order valence-corrected chi connectivity index (χ0v) is 12.3. The second kappa shape index (κ2) is 6.25. The van der Waals surface area contributed by atoms with Crippen molar-refractivity contribution < 1.29 is 24.2 Å². The molecule has 0 fully saturated rings. The lowest BCUT2D eigenvalue weighted by Gasteiger charge is -2.27. The lowest BCUT2D eigenvalue weighted by molar-refractivity contribution is -0.119. The van der Waals surface area contributed by atoms with Crippen LogP contribution < -0.4 is 10.4 Å². The van der Waals surface area contributed by atoms with Crippen LogP contribution in [0.4, 0.5) is 10.5 Å². The van der Waals surface area contributed by atoms with Gasteiger partial charge in [0.2, 0.25) is 5.91 Å². The Labute approximate surface area is 122 Å². The Hall–Kier alpha value is -2.57. The van der Waals surface area contributed by atoms with Crippen LogP contribution in [-0.4, -0.2) is 28.7 Å². The van der Waals surface area contributed by atoms with Gasteiger partial charge in [0.15, 0.2) is 0 Å². The van der Waals surface area contributed by atoms with Gasteiger partial charge in [-0.2, -0.15) is 5.01 Å². The van der Waals surface area contributed by atoms with Crippen molar-refractivity contribution in [3.05, 3.63) is 29.8 Å². The van der Waals surface area contributed by atoms with Crippen molar-refractivity contribution in [1.29, 1.82) is 0 Å². The fourth-order valence-corrected chi connectivity index (χ4v) is 1.46. The predicted octanol–water partition coefficient (Wildman–Crippen LogP) is 2.18. The molecule has 7 heteroatoms. The fourth-order valence-electron chi connectivity index (χ4n) is 1.46. The number of nitrogens with zero attached hydrogens (tertiary/aromatic N) is 1. The monoisotopic (exact) mass is 294 g/mol. The Morgan fingerprint density at radius 3 is 2.33 bits per heavy atom. The van der Waals surface area contributed by atoms with E-state index in [1.54, 1.807) is 20.8 Å². The molecule has 1 rings (SSSR count). The number of nitrogens with one attached hydrogen (secondary N) is 1. The number of benzene rings is 1. The van der Waals surface area contributed by atoms with Crippen LogP contribution in [0.2, 0.25) is 0 Å². The Morgan fingerprint density at radius 1 is 1.24 bits per heavy atom. The molecule has 0 saturated heterocycles. The standard InChI is InChI=1S/C14H18N2O5/c1-9(17)15-16(13(20)21-14(2,3)4)11-7-5-6-10(8-11)12(18)19/h5-8H,1-4H3,(H,15,17)(H,18,19). The number of amides is 2. The summed E-state index contributed by atoms with van der Waals surface area (Å²) in [5.41, 5.74) is 1.75. The average Bonchev–Trinajstić information content (AvgIpc) is 2.33. The summed E-state index contributed by atoms with van der Waals surface area (Å²) < 4.78 is 5.18. The highest BCUT2D eigenvalue weighted by molar-refractivity contribution is 5.94. The fraction of sp³-hybridized carbons (Fsp3) is 0.357. The van der Waals surface area contributed by atoms with E-state index in [4.69, 9.17) is 9.84 Å². The number of carbonyl (C=O) groups excluding carboxylic acids is 2. The molecule has 2 N–H and O–H groups in total. The zero-order chi connectivity index (χ0) is 16.2. The number of carboxylic acid groups (broad SMARTS) is 1. The third-order valence-electron chi connectivity index (χ3n) is 2.20. The predicted molar refractivity (Wildman–Crippen MR) is 75.9 cm³/mol. The first-order chi connectivity index (χ1) is 9.60. The summed E-state index contributed by atoms with van der Waals surface area (Å²) in [6.45, 7) is 6.29. The Kier molecular flexibility index (Phi) is 4.91. The van der Waals surface area contributed by atoms with Gasteiger partial charge in [0, 0.05) is 6.92 Å². The van der Waals surface area contributed by atoms with Crippen molar-refractivity contribution in [2.45, 2.75) is 33.3 Å². The summed E-state index contributed by atoms with van der Waals surface area (Å²) in [5, 5.41) is 9.85. The Morgan fingerprint density at radius 2 is 1.86 bits per heavy atom. The van der Waals surface area contributed by atoms with Crippen LogP contribution >= 0.6 is 0 Å². The molecule has 0 radical (unpaired) electrons. The van der Waals surface area contributed by atoms with E-state index in [-0.39, 0.29) is 11.3 Å². The second-order valence-electron chi connectivity index (χ2n) is 5.34. The molecule has 21 heavy (non-hydrogen) atoms. The van der Waals surface area contributed by atoms with E-state index in [0.29, 0.717) is 0 Å². The van der Waals surface area contributed by atoms with Gasteiger partial charge in [-0.05, 0) is 39.0 Å². The summed E-state index contributed by atoms with van der Waals surface area (Å²) in [4.78, 5) is 34.3. The van der Waals surface area contributed by atoms with Crippen LogP contribution in [0.5, 0.6) is 0 Å². The quantitative estimate of drug-likeness (QED) is 0.815.